The van der Waals surface area contributed by atoms with Crippen LogP contribution in [0.4, 0.5) is 0 Å². The van der Waals surface area contributed by atoms with Crippen LogP contribution in [-0.2, 0) is 10.0 Å². The van der Waals surface area contributed by atoms with Gasteiger partial charge in [-0.25, -0.2) is 18.1 Å². The summed E-state index contributed by atoms with van der Waals surface area (Å²) in [6.45, 7) is 3.35. The van der Waals surface area contributed by atoms with Crippen LogP contribution in [0, 0.1) is 5.92 Å². The Morgan fingerprint density at radius 3 is 2.75 bits per heavy atom. The number of aliphatic hydroxyl groups excluding tert-OH is 1. The van der Waals surface area contributed by atoms with Crippen LogP contribution in [0.5, 0.6) is 0 Å². The quantitative estimate of drug-likeness (QED) is 0.870. The monoisotopic (exact) mass is 317 g/mol. The molecule has 20 heavy (non-hydrogen) atoms. The van der Waals surface area contributed by atoms with Gasteiger partial charge in [-0.05, 0) is 18.1 Å². The Morgan fingerprint density at radius 1 is 1.45 bits per heavy atom. The van der Waals surface area contributed by atoms with Gasteiger partial charge in [0.2, 0.25) is 0 Å². The van der Waals surface area contributed by atoms with Gasteiger partial charge < -0.3 is 5.11 Å². The summed E-state index contributed by atoms with van der Waals surface area (Å²) in [5.74, 6) is -0.0484. The van der Waals surface area contributed by atoms with Crippen molar-refractivity contribution in [3.63, 3.8) is 0 Å². The van der Waals surface area contributed by atoms with Crippen molar-refractivity contribution in [1.29, 1.82) is 0 Å². The van der Waals surface area contributed by atoms with Crippen molar-refractivity contribution in [2.24, 2.45) is 5.92 Å². The smallest absolute Gasteiger partial charge is 0.260 e. The van der Waals surface area contributed by atoms with Crippen LogP contribution in [0.15, 0.2) is 29.4 Å². The number of imidazole rings is 1. The van der Waals surface area contributed by atoms with E-state index in [2.05, 4.69) is 9.71 Å². The Bertz CT molecular complexity index is 712. The summed E-state index contributed by atoms with van der Waals surface area (Å²) in [5, 5.41) is 9.05. The second-order valence-electron chi connectivity index (χ2n) is 4.79. The van der Waals surface area contributed by atoms with E-state index in [0.29, 0.717) is 5.65 Å². The molecule has 0 amide bonds. The highest BCUT2D eigenvalue weighted by Crippen LogP contribution is 2.23. The third kappa shape index (κ3) is 2.80. The highest BCUT2D eigenvalue weighted by Gasteiger charge is 2.28. The van der Waals surface area contributed by atoms with Crippen molar-refractivity contribution in [1.82, 2.24) is 14.1 Å². The van der Waals surface area contributed by atoms with E-state index in [-0.39, 0.29) is 22.7 Å². The molecule has 0 saturated heterocycles. The minimum absolute atomic E-state index is 0.0484. The average Bonchev–Trinajstić information content (AvgIpc) is 2.72. The molecule has 0 bridgehead atoms. The molecule has 6 nitrogen and oxygen atoms in total. The highest BCUT2D eigenvalue weighted by atomic mass is 35.5. The lowest BCUT2D eigenvalue weighted by Gasteiger charge is -2.19. The van der Waals surface area contributed by atoms with Crippen LogP contribution >= 0.6 is 11.6 Å². The molecule has 0 aliphatic rings. The second-order valence-corrected chi connectivity index (χ2v) is 6.78. The van der Waals surface area contributed by atoms with Crippen LogP contribution < -0.4 is 4.72 Å². The fraction of sp³-hybridized carbons (Fsp3) is 0.417. The van der Waals surface area contributed by atoms with Crippen LogP contribution in [0.3, 0.4) is 0 Å². The van der Waals surface area contributed by atoms with E-state index >= 15 is 0 Å². The molecule has 0 radical (unpaired) electrons. The number of hydrogen-bond donors (Lipinski definition) is 2. The Morgan fingerprint density at radius 2 is 2.15 bits per heavy atom. The molecule has 110 valence electrons. The van der Waals surface area contributed by atoms with E-state index in [0.717, 1.165) is 0 Å². The minimum atomic E-state index is -3.87. The Kier molecular flexibility index (Phi) is 4.33. The average molecular weight is 318 g/mol. The second kappa shape index (κ2) is 5.69. The van der Waals surface area contributed by atoms with Gasteiger partial charge in [-0.15, -0.1) is 0 Å². The van der Waals surface area contributed by atoms with E-state index in [9.17, 15) is 13.5 Å². The van der Waals surface area contributed by atoms with Crippen molar-refractivity contribution < 1.29 is 13.5 Å². The van der Waals surface area contributed by atoms with Crippen molar-refractivity contribution in [3.8, 4) is 0 Å². The molecule has 2 aromatic heterocycles. The normalized spacial score (nSPS) is 14.1. The topological polar surface area (TPSA) is 83.7 Å². The maximum atomic E-state index is 12.4. The number of sulfonamides is 1. The predicted octanol–water partition coefficient (Wildman–Crippen LogP) is 1.28. The molecule has 0 fully saturated rings. The third-order valence-corrected chi connectivity index (χ3v) is 4.90. The standard InChI is InChI=1S/C12H16ClN3O3S/c1-8(2)9(7-17)15-20(18,19)12-11(13)14-10-5-3-4-6-16(10)12/h3-6,8-9,15,17H,7H2,1-2H3/t9-/m1/s1. The summed E-state index contributed by atoms with van der Waals surface area (Å²) in [7, 11) is -3.87. The number of hydrogen-bond acceptors (Lipinski definition) is 4. The number of halogens is 1. The van der Waals surface area contributed by atoms with Gasteiger partial charge in [0.15, 0.2) is 10.2 Å². The molecule has 2 aromatic rings. The van der Waals surface area contributed by atoms with Crippen LogP contribution in [0.25, 0.3) is 5.65 Å². The lowest BCUT2D eigenvalue weighted by atomic mass is 10.1. The number of fused-ring (bicyclic) bond motifs is 1. The van der Waals surface area contributed by atoms with Gasteiger partial charge in [-0.1, -0.05) is 31.5 Å². The van der Waals surface area contributed by atoms with E-state index < -0.39 is 16.1 Å². The SMILES string of the molecule is CC(C)[C@@H](CO)NS(=O)(=O)c1c(Cl)nc2ccccn12. The Labute approximate surface area is 122 Å². The van der Waals surface area contributed by atoms with Crippen LogP contribution in [0.2, 0.25) is 5.15 Å². The lowest BCUT2D eigenvalue weighted by molar-refractivity contribution is 0.227. The molecule has 0 aliphatic heterocycles. The molecule has 0 unspecified atom stereocenters. The van der Waals surface area contributed by atoms with Gasteiger partial charge in [0.1, 0.15) is 5.65 Å². The van der Waals surface area contributed by atoms with E-state index in [1.54, 1.807) is 24.4 Å². The number of aromatic nitrogens is 2. The molecule has 2 heterocycles. The Hall–Kier alpha value is -1.15. The summed E-state index contributed by atoms with van der Waals surface area (Å²) >= 11 is 5.94. The first-order valence-electron chi connectivity index (χ1n) is 6.12. The zero-order chi connectivity index (χ0) is 14.9. The maximum Gasteiger partial charge on any atom is 0.260 e. The van der Waals surface area contributed by atoms with Gasteiger partial charge in [0.05, 0.1) is 6.61 Å². The number of nitrogens with zero attached hydrogens (tertiary/aromatic N) is 2. The van der Waals surface area contributed by atoms with Gasteiger partial charge in [-0.3, -0.25) is 4.40 Å². The van der Waals surface area contributed by atoms with Crippen molar-refractivity contribution >= 4 is 27.3 Å². The van der Waals surface area contributed by atoms with Gasteiger partial charge in [-0.2, -0.15) is 0 Å². The molecule has 0 aliphatic carbocycles. The van der Waals surface area contributed by atoms with Crippen molar-refractivity contribution in [2.45, 2.75) is 24.9 Å². The van der Waals surface area contributed by atoms with E-state index in [1.807, 2.05) is 13.8 Å². The fourth-order valence-corrected chi connectivity index (χ4v) is 3.84. The summed E-state index contributed by atoms with van der Waals surface area (Å²) in [6, 6.07) is 4.52. The molecule has 8 heteroatoms. The molecule has 2 rings (SSSR count). The van der Waals surface area contributed by atoms with Crippen LogP contribution in [-0.4, -0.2) is 35.6 Å². The third-order valence-electron chi connectivity index (χ3n) is 3.01. The first kappa shape index (κ1) is 15.2. The summed E-state index contributed by atoms with van der Waals surface area (Å²) in [6.07, 6.45) is 1.58. The van der Waals surface area contributed by atoms with Gasteiger partial charge in [0.25, 0.3) is 10.0 Å². The molecular formula is C12H16ClN3O3S. The molecule has 2 N–H and O–H groups in total. The predicted molar refractivity (Wildman–Crippen MR) is 76.2 cm³/mol. The van der Waals surface area contributed by atoms with Gasteiger partial charge >= 0.3 is 0 Å². The van der Waals surface area contributed by atoms with Gasteiger partial charge in [0, 0.05) is 12.2 Å². The number of nitrogens with one attached hydrogen (secondary N) is 1. The first-order chi connectivity index (χ1) is 9.36. The zero-order valence-electron chi connectivity index (χ0n) is 11.1. The van der Waals surface area contributed by atoms with Crippen LogP contribution in [0.1, 0.15) is 13.8 Å². The maximum absolute atomic E-state index is 12.4. The first-order valence-corrected chi connectivity index (χ1v) is 7.98. The van der Waals surface area contributed by atoms with Crippen molar-refractivity contribution in [2.75, 3.05) is 6.61 Å². The van der Waals surface area contributed by atoms with E-state index in [1.165, 1.54) is 4.40 Å². The van der Waals surface area contributed by atoms with E-state index in [4.69, 9.17) is 11.6 Å². The zero-order valence-corrected chi connectivity index (χ0v) is 12.7. The van der Waals surface area contributed by atoms with Crippen molar-refractivity contribution in [3.05, 3.63) is 29.5 Å². The highest BCUT2D eigenvalue weighted by molar-refractivity contribution is 7.89. The number of aliphatic hydroxyl groups is 1. The summed E-state index contributed by atoms with van der Waals surface area (Å²) in [4.78, 5) is 4.00. The molecule has 0 aromatic carbocycles. The molecule has 0 saturated carbocycles. The largest absolute Gasteiger partial charge is 0.395 e. The minimum Gasteiger partial charge on any atom is -0.395 e. The molecule has 0 spiro atoms. The summed E-state index contributed by atoms with van der Waals surface area (Å²) < 4.78 is 28.7. The fourth-order valence-electron chi connectivity index (χ4n) is 1.82. The molecular weight excluding hydrogens is 302 g/mol. The molecule has 1 atom stereocenters. The number of rotatable bonds is 5. The summed E-state index contributed by atoms with van der Waals surface area (Å²) in [5.41, 5.74) is 0.447. The number of pyridine rings is 1. The lowest BCUT2D eigenvalue weighted by Crippen LogP contribution is -2.41. The Balaban J connectivity index is 2.49.